The van der Waals surface area contributed by atoms with Gasteiger partial charge >= 0.3 is 0 Å². The zero-order valence-electron chi connectivity index (χ0n) is 11.1. The summed E-state index contributed by atoms with van der Waals surface area (Å²) in [5.41, 5.74) is 0.471. The molecule has 1 aliphatic heterocycles. The van der Waals surface area contributed by atoms with Gasteiger partial charge in [0.25, 0.3) is 11.8 Å². The van der Waals surface area contributed by atoms with Crippen LogP contribution < -0.4 is 5.32 Å². The molecule has 0 atom stereocenters. The maximum atomic E-state index is 12.0. The van der Waals surface area contributed by atoms with E-state index in [-0.39, 0.29) is 30.6 Å². The van der Waals surface area contributed by atoms with Gasteiger partial charge in [-0.3, -0.25) is 19.3 Å². The van der Waals surface area contributed by atoms with Gasteiger partial charge in [0.05, 0.1) is 0 Å². The number of Topliss-reactive ketones (excluding diaryl/α,β-unsaturated/α-hetero) is 1. The first-order valence-electron chi connectivity index (χ1n) is 6.38. The van der Waals surface area contributed by atoms with Crippen LogP contribution in [0.5, 0.6) is 0 Å². The molecule has 2 heterocycles. The fraction of sp³-hybridized carbons (Fsp3) is 0.286. The first kappa shape index (κ1) is 13.9. The summed E-state index contributed by atoms with van der Waals surface area (Å²) in [7, 11) is 0. The van der Waals surface area contributed by atoms with Crippen LogP contribution in [0.4, 0.5) is 5.82 Å². The summed E-state index contributed by atoms with van der Waals surface area (Å²) >= 11 is 0. The highest BCUT2D eigenvalue weighted by atomic mass is 16.2. The van der Waals surface area contributed by atoms with Crippen molar-refractivity contribution in [1.82, 2.24) is 9.88 Å². The van der Waals surface area contributed by atoms with Crippen LogP contribution >= 0.6 is 0 Å². The fourth-order valence-electron chi connectivity index (χ4n) is 1.85. The Morgan fingerprint density at radius 1 is 1.25 bits per heavy atom. The summed E-state index contributed by atoms with van der Waals surface area (Å²) in [5, 5.41) is 3.03. The van der Waals surface area contributed by atoms with Gasteiger partial charge in [0, 0.05) is 43.4 Å². The number of pyridine rings is 1. The summed E-state index contributed by atoms with van der Waals surface area (Å²) in [6.07, 6.45) is 4.01. The lowest BCUT2D eigenvalue weighted by molar-refractivity contribution is -0.136. The number of hydrogen-bond donors (Lipinski definition) is 1. The van der Waals surface area contributed by atoms with Gasteiger partial charge in [0.15, 0.2) is 5.78 Å². The number of carbonyl (C=O) groups excluding carboxylic acids is 3. The monoisotopic (exact) mass is 273 g/mol. The largest absolute Gasteiger partial charge is 0.370 e. The molecular weight excluding hydrogens is 258 g/mol. The van der Waals surface area contributed by atoms with E-state index in [0.717, 1.165) is 11.4 Å². The van der Waals surface area contributed by atoms with Crippen molar-refractivity contribution in [2.75, 3.05) is 18.4 Å². The quantitative estimate of drug-likeness (QED) is 0.618. The summed E-state index contributed by atoms with van der Waals surface area (Å²) in [4.78, 5) is 39.8. The average molecular weight is 273 g/mol. The molecule has 0 aliphatic carbocycles. The molecule has 1 aromatic heterocycles. The third-order valence-corrected chi connectivity index (χ3v) is 2.91. The molecule has 104 valence electrons. The van der Waals surface area contributed by atoms with Crippen molar-refractivity contribution in [3.63, 3.8) is 0 Å². The number of imide groups is 1. The zero-order valence-corrected chi connectivity index (χ0v) is 11.1. The topological polar surface area (TPSA) is 79.4 Å². The Morgan fingerprint density at radius 3 is 2.50 bits per heavy atom. The second kappa shape index (κ2) is 6.10. The van der Waals surface area contributed by atoms with Gasteiger partial charge in [-0.2, -0.15) is 0 Å². The lowest BCUT2D eigenvalue weighted by Gasteiger charge is -2.12. The van der Waals surface area contributed by atoms with Gasteiger partial charge < -0.3 is 5.32 Å². The van der Waals surface area contributed by atoms with Gasteiger partial charge in [-0.1, -0.05) is 0 Å². The van der Waals surface area contributed by atoms with Crippen LogP contribution in [0, 0.1) is 0 Å². The van der Waals surface area contributed by atoms with Gasteiger partial charge in [-0.05, 0) is 19.1 Å². The fourth-order valence-corrected chi connectivity index (χ4v) is 1.85. The number of ketones is 1. The van der Waals surface area contributed by atoms with Crippen LogP contribution in [0.2, 0.25) is 0 Å². The van der Waals surface area contributed by atoms with E-state index in [1.165, 1.54) is 18.3 Å². The molecule has 6 nitrogen and oxygen atoms in total. The molecule has 6 heteroatoms. The van der Waals surface area contributed by atoms with Gasteiger partial charge in [-0.25, -0.2) is 4.98 Å². The second-order valence-corrected chi connectivity index (χ2v) is 4.30. The van der Waals surface area contributed by atoms with E-state index in [1.807, 2.05) is 6.92 Å². The predicted octanol–water partition coefficient (Wildman–Crippen LogP) is 1.01. The number of anilines is 1. The molecule has 0 saturated heterocycles. The maximum absolute atomic E-state index is 12.0. The Hall–Kier alpha value is -2.50. The molecule has 0 saturated carbocycles. The maximum Gasteiger partial charge on any atom is 0.253 e. The molecule has 0 spiro atoms. The van der Waals surface area contributed by atoms with Crippen LogP contribution in [-0.4, -0.2) is 40.6 Å². The molecule has 2 rings (SSSR count). The molecule has 0 fully saturated rings. The number of rotatable bonds is 6. The Kier molecular flexibility index (Phi) is 4.24. The molecule has 1 aromatic rings. The molecule has 0 aromatic carbocycles. The molecule has 20 heavy (non-hydrogen) atoms. The lowest BCUT2D eigenvalue weighted by Crippen LogP contribution is -2.32. The Bertz CT molecular complexity index is 546. The van der Waals surface area contributed by atoms with E-state index in [0.29, 0.717) is 11.4 Å². The molecule has 1 N–H and O–H groups in total. The highest BCUT2D eigenvalue weighted by Gasteiger charge is 2.23. The smallest absolute Gasteiger partial charge is 0.253 e. The minimum absolute atomic E-state index is 0.0957. The third-order valence-electron chi connectivity index (χ3n) is 2.91. The average Bonchev–Trinajstić information content (AvgIpc) is 2.77. The summed E-state index contributed by atoms with van der Waals surface area (Å²) in [5.74, 6) is -0.182. The van der Waals surface area contributed by atoms with Crippen molar-refractivity contribution >= 4 is 23.4 Å². The number of aromatic nitrogens is 1. The van der Waals surface area contributed by atoms with Crippen molar-refractivity contribution in [3.8, 4) is 0 Å². The van der Waals surface area contributed by atoms with Gasteiger partial charge in [0.2, 0.25) is 0 Å². The molecular formula is C14H15N3O3. The van der Waals surface area contributed by atoms with E-state index in [9.17, 15) is 14.4 Å². The number of amides is 2. The summed E-state index contributed by atoms with van der Waals surface area (Å²) in [6.45, 7) is 2.81. The Morgan fingerprint density at radius 2 is 1.95 bits per heavy atom. The van der Waals surface area contributed by atoms with Crippen LogP contribution in [0.3, 0.4) is 0 Å². The summed E-state index contributed by atoms with van der Waals surface area (Å²) < 4.78 is 0. The van der Waals surface area contributed by atoms with Crippen molar-refractivity contribution in [3.05, 3.63) is 36.0 Å². The number of hydrogen-bond acceptors (Lipinski definition) is 5. The van der Waals surface area contributed by atoms with Crippen molar-refractivity contribution in [2.24, 2.45) is 0 Å². The van der Waals surface area contributed by atoms with Crippen molar-refractivity contribution in [2.45, 2.75) is 13.3 Å². The SMILES string of the molecule is CCNc1ccc(C(=O)CCN2C(=O)C=CC2=O)cn1. The lowest BCUT2D eigenvalue weighted by atomic mass is 10.1. The molecule has 0 bridgehead atoms. The van der Waals surface area contributed by atoms with E-state index in [2.05, 4.69) is 10.3 Å². The van der Waals surface area contributed by atoms with Gasteiger partial charge in [0.1, 0.15) is 5.82 Å². The highest BCUT2D eigenvalue weighted by molar-refractivity contribution is 6.13. The minimum Gasteiger partial charge on any atom is -0.370 e. The van der Waals surface area contributed by atoms with Crippen LogP contribution in [0.15, 0.2) is 30.5 Å². The predicted molar refractivity (Wildman–Crippen MR) is 73.2 cm³/mol. The second-order valence-electron chi connectivity index (χ2n) is 4.30. The molecule has 0 unspecified atom stereocenters. The standard InChI is InChI=1S/C14H15N3O3/c1-2-15-12-4-3-10(9-16-12)11(18)7-8-17-13(19)5-6-14(17)20/h3-6,9H,2,7-8H2,1H3,(H,15,16). The third kappa shape index (κ3) is 3.09. The number of nitrogens with zero attached hydrogens (tertiary/aromatic N) is 2. The van der Waals surface area contributed by atoms with Crippen molar-refractivity contribution in [1.29, 1.82) is 0 Å². The van der Waals surface area contributed by atoms with Crippen LogP contribution in [0.25, 0.3) is 0 Å². The normalized spacial score (nSPS) is 13.9. The van der Waals surface area contributed by atoms with E-state index in [1.54, 1.807) is 12.1 Å². The van der Waals surface area contributed by atoms with E-state index in [4.69, 9.17) is 0 Å². The molecule has 0 radical (unpaired) electrons. The van der Waals surface area contributed by atoms with E-state index < -0.39 is 0 Å². The minimum atomic E-state index is -0.372. The van der Waals surface area contributed by atoms with Gasteiger partial charge in [-0.15, -0.1) is 0 Å². The van der Waals surface area contributed by atoms with Crippen LogP contribution in [0.1, 0.15) is 23.7 Å². The van der Waals surface area contributed by atoms with E-state index >= 15 is 0 Å². The van der Waals surface area contributed by atoms with Crippen LogP contribution in [-0.2, 0) is 9.59 Å². The highest BCUT2D eigenvalue weighted by Crippen LogP contribution is 2.10. The Labute approximate surface area is 116 Å². The first-order chi connectivity index (χ1) is 9.61. The van der Waals surface area contributed by atoms with Crippen molar-refractivity contribution < 1.29 is 14.4 Å². The first-order valence-corrected chi connectivity index (χ1v) is 6.38. The number of carbonyl (C=O) groups is 3. The number of nitrogens with one attached hydrogen (secondary N) is 1. The molecule has 1 aliphatic rings. The summed E-state index contributed by atoms with van der Waals surface area (Å²) in [6, 6.07) is 3.41. The zero-order chi connectivity index (χ0) is 14.5. The Balaban J connectivity index is 1.92. The molecule has 2 amide bonds.